The maximum atomic E-state index is 6.05. The largest absolute Gasteiger partial charge is 0.345 e. The summed E-state index contributed by atoms with van der Waals surface area (Å²) >= 11 is 5.89. The molecule has 0 N–H and O–H groups in total. The number of halogens is 1. The molecule has 1 aromatic carbocycles. The van der Waals surface area contributed by atoms with Gasteiger partial charge < -0.3 is 9.47 Å². The van der Waals surface area contributed by atoms with E-state index in [1.165, 1.54) is 0 Å². The first kappa shape index (κ1) is 12.9. The van der Waals surface area contributed by atoms with E-state index in [0.717, 1.165) is 10.6 Å². The Labute approximate surface area is 108 Å². The lowest BCUT2D eigenvalue weighted by Crippen LogP contribution is -2.48. The average Bonchev–Trinajstić information content (AvgIpc) is 2.26. The maximum absolute atomic E-state index is 6.05. The van der Waals surface area contributed by atoms with Gasteiger partial charge in [-0.1, -0.05) is 37.6 Å². The Morgan fingerprint density at radius 2 is 1.76 bits per heavy atom. The first-order chi connectivity index (χ1) is 7.83. The van der Waals surface area contributed by atoms with E-state index in [-0.39, 0.29) is 11.5 Å². The first-order valence-electron chi connectivity index (χ1n) is 5.91. The lowest BCUT2D eigenvalue weighted by atomic mass is 9.86. The van der Waals surface area contributed by atoms with Crippen LogP contribution < -0.4 is 0 Å². The summed E-state index contributed by atoms with van der Waals surface area (Å²) in [4.78, 5) is 0. The van der Waals surface area contributed by atoms with Crippen molar-refractivity contribution in [2.45, 2.75) is 39.6 Å². The summed E-state index contributed by atoms with van der Waals surface area (Å²) in [5.74, 6) is -0.667. The lowest BCUT2D eigenvalue weighted by molar-refractivity contribution is -0.325. The zero-order valence-corrected chi connectivity index (χ0v) is 11.5. The Balaban J connectivity index is 2.24. The summed E-state index contributed by atoms with van der Waals surface area (Å²) < 4.78 is 12.0. The minimum atomic E-state index is -0.667. The van der Waals surface area contributed by atoms with E-state index in [4.69, 9.17) is 21.1 Å². The molecule has 1 aliphatic rings. The van der Waals surface area contributed by atoms with E-state index in [1.54, 1.807) is 0 Å². The van der Waals surface area contributed by atoms with Crippen molar-refractivity contribution < 1.29 is 9.47 Å². The third-order valence-electron chi connectivity index (χ3n) is 3.59. The van der Waals surface area contributed by atoms with Crippen LogP contribution in [0.1, 0.15) is 33.3 Å². The van der Waals surface area contributed by atoms with Crippen LogP contribution in [0.25, 0.3) is 0 Å². The van der Waals surface area contributed by atoms with Crippen molar-refractivity contribution >= 4 is 11.6 Å². The van der Waals surface area contributed by atoms with E-state index in [0.29, 0.717) is 6.61 Å². The molecule has 1 heterocycles. The fourth-order valence-corrected chi connectivity index (χ4v) is 2.00. The van der Waals surface area contributed by atoms with Gasteiger partial charge in [-0.2, -0.15) is 0 Å². The van der Waals surface area contributed by atoms with Crippen LogP contribution in [0.5, 0.6) is 0 Å². The second-order valence-corrected chi connectivity index (χ2v) is 5.93. The second-order valence-electron chi connectivity index (χ2n) is 5.49. The Hall–Kier alpha value is -0.570. The summed E-state index contributed by atoms with van der Waals surface area (Å²) in [6.45, 7) is 9.05. The quantitative estimate of drug-likeness (QED) is 0.755. The van der Waals surface area contributed by atoms with Crippen molar-refractivity contribution in [3.63, 3.8) is 0 Å². The molecule has 0 unspecified atom stereocenters. The van der Waals surface area contributed by atoms with Crippen LogP contribution in [-0.2, 0) is 15.3 Å². The van der Waals surface area contributed by atoms with Gasteiger partial charge in [0.05, 0.1) is 12.7 Å². The molecule has 3 heteroatoms. The van der Waals surface area contributed by atoms with Crippen LogP contribution in [0, 0.1) is 5.41 Å². The summed E-state index contributed by atoms with van der Waals surface area (Å²) in [5, 5.41) is 0.724. The molecule has 1 aromatic rings. The van der Waals surface area contributed by atoms with Crippen molar-refractivity contribution in [2.24, 2.45) is 5.41 Å². The first-order valence-corrected chi connectivity index (χ1v) is 6.29. The molecular weight excluding hydrogens is 236 g/mol. The SMILES string of the molecule is C[C@@H]1O[C@@](C)(c2ccc(Cl)cc2)OCC1(C)C. The van der Waals surface area contributed by atoms with Gasteiger partial charge in [0.2, 0.25) is 0 Å². The molecule has 0 aromatic heterocycles. The summed E-state index contributed by atoms with van der Waals surface area (Å²) in [6, 6.07) is 7.62. The summed E-state index contributed by atoms with van der Waals surface area (Å²) in [6.07, 6.45) is 0.150. The van der Waals surface area contributed by atoms with Gasteiger partial charge in [-0.05, 0) is 26.0 Å². The maximum Gasteiger partial charge on any atom is 0.192 e. The van der Waals surface area contributed by atoms with Crippen LogP contribution in [0.2, 0.25) is 5.02 Å². The highest BCUT2D eigenvalue weighted by molar-refractivity contribution is 6.30. The van der Waals surface area contributed by atoms with Gasteiger partial charge in [0, 0.05) is 16.0 Å². The monoisotopic (exact) mass is 254 g/mol. The van der Waals surface area contributed by atoms with Crippen molar-refractivity contribution in [2.75, 3.05) is 6.61 Å². The van der Waals surface area contributed by atoms with Crippen LogP contribution >= 0.6 is 11.6 Å². The smallest absolute Gasteiger partial charge is 0.192 e. The lowest BCUT2D eigenvalue weighted by Gasteiger charge is -2.46. The third kappa shape index (κ3) is 2.49. The Kier molecular flexibility index (Phi) is 3.23. The minimum absolute atomic E-state index is 0.0476. The Morgan fingerprint density at radius 1 is 1.18 bits per heavy atom. The molecule has 1 aliphatic heterocycles. The van der Waals surface area contributed by atoms with Gasteiger partial charge in [0.25, 0.3) is 0 Å². The van der Waals surface area contributed by atoms with Crippen LogP contribution in [0.3, 0.4) is 0 Å². The number of hydrogen-bond donors (Lipinski definition) is 0. The number of hydrogen-bond acceptors (Lipinski definition) is 2. The number of rotatable bonds is 1. The van der Waals surface area contributed by atoms with Gasteiger partial charge in [0.15, 0.2) is 5.79 Å². The number of benzene rings is 1. The predicted octanol–water partition coefficient (Wildman–Crippen LogP) is 3.97. The fourth-order valence-electron chi connectivity index (χ4n) is 1.88. The molecule has 2 rings (SSSR count). The summed E-state index contributed by atoms with van der Waals surface area (Å²) in [7, 11) is 0. The molecule has 0 saturated carbocycles. The highest BCUT2D eigenvalue weighted by Gasteiger charge is 2.42. The predicted molar refractivity (Wildman–Crippen MR) is 69.1 cm³/mol. The van der Waals surface area contributed by atoms with Crippen molar-refractivity contribution in [3.05, 3.63) is 34.9 Å². The summed E-state index contributed by atoms with van der Waals surface area (Å²) in [5.41, 5.74) is 1.05. The highest BCUT2D eigenvalue weighted by atomic mass is 35.5. The van der Waals surface area contributed by atoms with Gasteiger partial charge in [-0.15, -0.1) is 0 Å². The molecule has 0 amide bonds. The molecule has 2 atom stereocenters. The van der Waals surface area contributed by atoms with Crippen molar-refractivity contribution in [3.8, 4) is 0 Å². The fraction of sp³-hybridized carbons (Fsp3) is 0.571. The second kappa shape index (κ2) is 4.27. The standard InChI is InChI=1S/C14H19ClO2/c1-10-13(2,3)9-16-14(4,17-10)11-5-7-12(15)8-6-11/h5-8,10H,9H2,1-4H3/t10-,14-/m0/s1. The normalized spacial score (nSPS) is 32.4. The molecular formula is C14H19ClO2. The molecule has 17 heavy (non-hydrogen) atoms. The van der Waals surface area contributed by atoms with Gasteiger partial charge in [0.1, 0.15) is 0 Å². The molecule has 1 saturated heterocycles. The van der Waals surface area contributed by atoms with E-state index in [9.17, 15) is 0 Å². The topological polar surface area (TPSA) is 18.5 Å². The van der Waals surface area contributed by atoms with Crippen LogP contribution in [0.15, 0.2) is 24.3 Å². The van der Waals surface area contributed by atoms with E-state index < -0.39 is 5.79 Å². The molecule has 0 bridgehead atoms. The Morgan fingerprint density at radius 3 is 2.29 bits per heavy atom. The molecule has 0 aliphatic carbocycles. The molecule has 94 valence electrons. The van der Waals surface area contributed by atoms with Gasteiger partial charge in [-0.3, -0.25) is 0 Å². The van der Waals surface area contributed by atoms with Crippen molar-refractivity contribution in [1.82, 2.24) is 0 Å². The van der Waals surface area contributed by atoms with Crippen LogP contribution in [0.4, 0.5) is 0 Å². The Bertz CT molecular complexity index is 399. The third-order valence-corrected chi connectivity index (χ3v) is 3.84. The molecule has 0 spiro atoms. The molecule has 0 radical (unpaired) electrons. The van der Waals surface area contributed by atoms with Gasteiger partial charge in [-0.25, -0.2) is 0 Å². The number of ether oxygens (including phenoxy) is 2. The zero-order valence-electron chi connectivity index (χ0n) is 10.8. The van der Waals surface area contributed by atoms with E-state index >= 15 is 0 Å². The minimum Gasteiger partial charge on any atom is -0.345 e. The average molecular weight is 255 g/mol. The van der Waals surface area contributed by atoms with E-state index in [1.807, 2.05) is 31.2 Å². The zero-order chi connectivity index (χ0) is 12.7. The molecule has 2 nitrogen and oxygen atoms in total. The van der Waals surface area contributed by atoms with Crippen molar-refractivity contribution in [1.29, 1.82) is 0 Å². The highest BCUT2D eigenvalue weighted by Crippen LogP contribution is 2.40. The van der Waals surface area contributed by atoms with Gasteiger partial charge >= 0.3 is 0 Å². The van der Waals surface area contributed by atoms with Crippen LogP contribution in [-0.4, -0.2) is 12.7 Å². The van der Waals surface area contributed by atoms with E-state index in [2.05, 4.69) is 20.8 Å². The molecule has 1 fully saturated rings.